The second-order valence-electron chi connectivity index (χ2n) is 5.94. The van der Waals surface area contributed by atoms with Crippen LogP contribution < -0.4 is 0 Å². The van der Waals surface area contributed by atoms with Crippen LogP contribution in [0, 0.1) is 0 Å². The second kappa shape index (κ2) is 6.95. The summed E-state index contributed by atoms with van der Waals surface area (Å²) in [6.45, 7) is 0.578. The Bertz CT molecular complexity index is 895. The van der Waals surface area contributed by atoms with Gasteiger partial charge in [0, 0.05) is 16.5 Å². The van der Waals surface area contributed by atoms with E-state index in [0.717, 1.165) is 21.6 Å². The van der Waals surface area contributed by atoms with Gasteiger partial charge in [0.25, 0.3) is 5.91 Å². The summed E-state index contributed by atoms with van der Waals surface area (Å²) in [4.78, 5) is 16.1. The van der Waals surface area contributed by atoms with Crippen molar-refractivity contribution in [3.05, 3.63) is 101 Å². The Morgan fingerprint density at radius 3 is 2.32 bits per heavy atom. The SMILES string of the molecule is O=C1c2ccccc2SC(c2ccc(Cl)cc2)N1Cc1ccccc1. The maximum Gasteiger partial charge on any atom is 0.256 e. The van der Waals surface area contributed by atoms with Gasteiger partial charge in [-0.3, -0.25) is 4.79 Å². The summed E-state index contributed by atoms with van der Waals surface area (Å²) in [5, 5.41) is 0.630. The van der Waals surface area contributed by atoms with E-state index in [1.54, 1.807) is 11.8 Å². The number of carbonyl (C=O) groups is 1. The number of amides is 1. The zero-order valence-electron chi connectivity index (χ0n) is 13.4. The third kappa shape index (κ3) is 3.30. The number of fused-ring (bicyclic) bond motifs is 1. The van der Waals surface area contributed by atoms with Gasteiger partial charge in [0.1, 0.15) is 5.37 Å². The van der Waals surface area contributed by atoms with Gasteiger partial charge < -0.3 is 4.90 Å². The fraction of sp³-hybridized carbons (Fsp3) is 0.0952. The minimum atomic E-state index is -0.0696. The van der Waals surface area contributed by atoms with E-state index in [2.05, 4.69) is 12.1 Å². The van der Waals surface area contributed by atoms with E-state index < -0.39 is 0 Å². The molecule has 0 aliphatic carbocycles. The molecule has 0 saturated heterocycles. The van der Waals surface area contributed by atoms with Crippen molar-refractivity contribution in [1.29, 1.82) is 0 Å². The van der Waals surface area contributed by atoms with Crippen molar-refractivity contribution in [3.63, 3.8) is 0 Å². The molecular formula is C21H16ClNOS. The molecule has 0 radical (unpaired) electrons. The molecule has 1 unspecified atom stereocenters. The predicted molar refractivity (Wildman–Crippen MR) is 103 cm³/mol. The molecule has 0 aromatic heterocycles. The molecule has 124 valence electrons. The standard InChI is InChI=1S/C21H16ClNOS/c22-17-12-10-16(11-13-17)21-23(14-15-6-2-1-3-7-15)20(24)18-8-4-5-9-19(18)25-21/h1-13,21H,14H2. The first-order valence-corrected chi connectivity index (χ1v) is 9.34. The Balaban J connectivity index is 1.75. The smallest absolute Gasteiger partial charge is 0.256 e. The summed E-state index contributed by atoms with van der Waals surface area (Å²) < 4.78 is 0. The van der Waals surface area contributed by atoms with E-state index in [0.29, 0.717) is 11.6 Å². The van der Waals surface area contributed by atoms with Gasteiger partial charge in [-0.05, 0) is 35.4 Å². The lowest BCUT2D eigenvalue weighted by Gasteiger charge is -2.36. The first kappa shape index (κ1) is 16.2. The third-order valence-corrected chi connectivity index (χ3v) is 5.86. The first-order valence-electron chi connectivity index (χ1n) is 8.08. The number of carbonyl (C=O) groups excluding carboxylic acids is 1. The quantitative estimate of drug-likeness (QED) is 0.585. The Kier molecular flexibility index (Phi) is 4.51. The number of hydrogen-bond donors (Lipinski definition) is 0. The van der Waals surface area contributed by atoms with E-state index in [1.165, 1.54) is 0 Å². The minimum Gasteiger partial charge on any atom is -0.318 e. The molecule has 0 N–H and O–H groups in total. The van der Waals surface area contributed by atoms with Gasteiger partial charge in [-0.2, -0.15) is 0 Å². The molecule has 25 heavy (non-hydrogen) atoms. The van der Waals surface area contributed by atoms with Crippen molar-refractivity contribution in [3.8, 4) is 0 Å². The molecule has 0 bridgehead atoms. The number of hydrogen-bond acceptors (Lipinski definition) is 2. The molecular weight excluding hydrogens is 350 g/mol. The summed E-state index contributed by atoms with van der Waals surface area (Å²) >= 11 is 7.75. The Hall–Kier alpha value is -2.23. The van der Waals surface area contributed by atoms with Crippen molar-refractivity contribution in [2.75, 3.05) is 0 Å². The average molecular weight is 366 g/mol. The topological polar surface area (TPSA) is 20.3 Å². The van der Waals surface area contributed by atoms with Crippen LogP contribution in [-0.4, -0.2) is 10.8 Å². The van der Waals surface area contributed by atoms with Crippen LogP contribution in [0.5, 0.6) is 0 Å². The molecule has 1 aliphatic heterocycles. The Morgan fingerprint density at radius 1 is 0.880 bits per heavy atom. The second-order valence-corrected chi connectivity index (χ2v) is 7.50. The van der Waals surface area contributed by atoms with Gasteiger partial charge in [-0.15, -0.1) is 0 Å². The predicted octanol–water partition coefficient (Wildman–Crippen LogP) is 5.79. The molecule has 2 nitrogen and oxygen atoms in total. The molecule has 1 amide bonds. The lowest BCUT2D eigenvalue weighted by Crippen LogP contribution is -2.36. The largest absolute Gasteiger partial charge is 0.318 e. The van der Waals surface area contributed by atoms with Crippen LogP contribution in [0.15, 0.2) is 83.8 Å². The molecule has 4 heteroatoms. The maximum atomic E-state index is 13.2. The monoisotopic (exact) mass is 365 g/mol. The first-order chi connectivity index (χ1) is 12.2. The van der Waals surface area contributed by atoms with Crippen molar-refractivity contribution in [2.24, 2.45) is 0 Å². The van der Waals surface area contributed by atoms with Crippen LogP contribution in [0.3, 0.4) is 0 Å². The van der Waals surface area contributed by atoms with Crippen molar-refractivity contribution in [2.45, 2.75) is 16.8 Å². The van der Waals surface area contributed by atoms with Gasteiger partial charge in [0.15, 0.2) is 0 Å². The van der Waals surface area contributed by atoms with E-state index in [-0.39, 0.29) is 11.3 Å². The zero-order valence-corrected chi connectivity index (χ0v) is 15.0. The van der Waals surface area contributed by atoms with E-state index in [1.807, 2.05) is 71.6 Å². The number of rotatable bonds is 3. The van der Waals surface area contributed by atoms with E-state index in [9.17, 15) is 4.79 Å². The van der Waals surface area contributed by atoms with Gasteiger partial charge in [-0.1, -0.05) is 78.0 Å². The van der Waals surface area contributed by atoms with Gasteiger partial charge in [0.2, 0.25) is 0 Å². The van der Waals surface area contributed by atoms with Gasteiger partial charge >= 0.3 is 0 Å². The third-order valence-electron chi connectivity index (χ3n) is 4.25. The minimum absolute atomic E-state index is 0.0677. The molecule has 4 rings (SSSR count). The number of nitrogens with zero attached hydrogens (tertiary/aromatic N) is 1. The van der Waals surface area contributed by atoms with Crippen molar-refractivity contribution < 1.29 is 4.79 Å². The van der Waals surface area contributed by atoms with E-state index >= 15 is 0 Å². The van der Waals surface area contributed by atoms with Gasteiger partial charge in [0.05, 0.1) is 5.56 Å². The molecule has 0 spiro atoms. The van der Waals surface area contributed by atoms with Crippen LogP contribution in [0.25, 0.3) is 0 Å². The van der Waals surface area contributed by atoms with Crippen molar-refractivity contribution in [1.82, 2.24) is 4.90 Å². The molecule has 1 atom stereocenters. The molecule has 0 saturated carbocycles. The lowest BCUT2D eigenvalue weighted by atomic mass is 10.1. The number of benzene rings is 3. The molecule has 0 fully saturated rings. The summed E-state index contributed by atoms with van der Waals surface area (Å²) in [5.41, 5.74) is 2.97. The van der Waals surface area contributed by atoms with Crippen LogP contribution in [-0.2, 0) is 6.54 Å². The molecule has 1 heterocycles. The van der Waals surface area contributed by atoms with Crippen LogP contribution >= 0.6 is 23.4 Å². The van der Waals surface area contributed by atoms with Crippen LogP contribution in [0.2, 0.25) is 5.02 Å². The van der Waals surface area contributed by atoms with Crippen molar-refractivity contribution >= 4 is 29.3 Å². The number of halogens is 1. The fourth-order valence-corrected chi connectivity index (χ4v) is 4.40. The fourth-order valence-electron chi connectivity index (χ4n) is 3.00. The van der Waals surface area contributed by atoms with Gasteiger partial charge in [-0.25, -0.2) is 0 Å². The highest BCUT2D eigenvalue weighted by Crippen LogP contribution is 2.45. The normalized spacial score (nSPS) is 16.6. The molecule has 3 aromatic rings. The zero-order chi connectivity index (χ0) is 17.2. The summed E-state index contributed by atoms with van der Waals surface area (Å²) in [7, 11) is 0. The van der Waals surface area contributed by atoms with E-state index in [4.69, 9.17) is 11.6 Å². The lowest BCUT2D eigenvalue weighted by molar-refractivity contribution is 0.0712. The van der Waals surface area contributed by atoms with Crippen LogP contribution in [0.1, 0.15) is 26.9 Å². The highest BCUT2D eigenvalue weighted by molar-refractivity contribution is 7.99. The Morgan fingerprint density at radius 2 is 1.56 bits per heavy atom. The molecule has 1 aliphatic rings. The summed E-state index contributed by atoms with van der Waals surface area (Å²) in [6.07, 6.45) is 0. The van der Waals surface area contributed by atoms with Crippen LogP contribution in [0.4, 0.5) is 0 Å². The molecule has 3 aromatic carbocycles. The summed E-state index contributed by atoms with van der Waals surface area (Å²) in [5.74, 6) is 0.0677. The number of thioether (sulfide) groups is 1. The summed E-state index contributed by atoms with van der Waals surface area (Å²) in [6, 6.07) is 25.7. The Labute approximate surface area is 156 Å². The maximum absolute atomic E-state index is 13.2. The average Bonchev–Trinajstić information content (AvgIpc) is 2.65. The highest BCUT2D eigenvalue weighted by Gasteiger charge is 2.33. The highest BCUT2D eigenvalue weighted by atomic mass is 35.5.